The Morgan fingerprint density at radius 1 is 1.17 bits per heavy atom. The van der Waals surface area contributed by atoms with E-state index in [1.165, 1.54) is 23.9 Å². The Morgan fingerprint density at radius 2 is 1.88 bits per heavy atom. The SMILES string of the molecule is CC(Sc1ncc(-c2ccccc2)[nH]1)C(=O)Nc1ccccc1F. The summed E-state index contributed by atoms with van der Waals surface area (Å²) in [5.74, 6) is -0.727. The number of aromatic amines is 1. The average Bonchev–Trinajstić information content (AvgIpc) is 3.06. The normalized spacial score (nSPS) is 11.9. The molecule has 1 atom stereocenters. The fourth-order valence-electron chi connectivity index (χ4n) is 2.15. The van der Waals surface area contributed by atoms with Gasteiger partial charge in [0.1, 0.15) is 5.82 Å². The van der Waals surface area contributed by atoms with E-state index in [2.05, 4.69) is 15.3 Å². The molecule has 2 aromatic carbocycles. The number of H-pyrrole nitrogens is 1. The van der Waals surface area contributed by atoms with Crippen molar-refractivity contribution in [2.75, 3.05) is 5.32 Å². The second-order valence-corrected chi connectivity index (χ2v) is 6.53. The van der Waals surface area contributed by atoms with Gasteiger partial charge >= 0.3 is 0 Å². The lowest BCUT2D eigenvalue weighted by atomic mass is 10.2. The minimum absolute atomic E-state index is 0.180. The van der Waals surface area contributed by atoms with E-state index in [1.54, 1.807) is 25.3 Å². The summed E-state index contributed by atoms with van der Waals surface area (Å²) in [6.07, 6.45) is 1.74. The predicted molar refractivity (Wildman–Crippen MR) is 94.4 cm³/mol. The second kappa shape index (κ2) is 7.31. The van der Waals surface area contributed by atoms with Crippen LogP contribution in [0.25, 0.3) is 11.3 Å². The fourth-order valence-corrected chi connectivity index (χ4v) is 2.93. The Hall–Kier alpha value is -2.60. The molecule has 122 valence electrons. The predicted octanol–water partition coefficient (Wildman–Crippen LogP) is 4.34. The lowest BCUT2D eigenvalue weighted by Gasteiger charge is -2.11. The van der Waals surface area contributed by atoms with Crippen LogP contribution in [0.1, 0.15) is 6.92 Å². The maximum atomic E-state index is 13.6. The first-order valence-corrected chi connectivity index (χ1v) is 8.34. The molecule has 3 rings (SSSR count). The van der Waals surface area contributed by atoms with E-state index >= 15 is 0 Å². The summed E-state index contributed by atoms with van der Waals surface area (Å²) in [6.45, 7) is 1.76. The number of halogens is 1. The van der Waals surface area contributed by atoms with Crippen LogP contribution in [0, 0.1) is 5.82 Å². The number of benzene rings is 2. The summed E-state index contributed by atoms with van der Waals surface area (Å²) in [5.41, 5.74) is 2.10. The minimum Gasteiger partial charge on any atom is -0.333 e. The van der Waals surface area contributed by atoms with Gasteiger partial charge in [-0.15, -0.1) is 0 Å². The van der Waals surface area contributed by atoms with E-state index in [4.69, 9.17) is 0 Å². The van der Waals surface area contributed by atoms with Crippen LogP contribution in [0.4, 0.5) is 10.1 Å². The molecule has 0 fully saturated rings. The maximum absolute atomic E-state index is 13.6. The molecule has 0 aliphatic rings. The van der Waals surface area contributed by atoms with Crippen molar-refractivity contribution in [2.45, 2.75) is 17.3 Å². The number of nitrogens with zero attached hydrogens (tertiary/aromatic N) is 1. The molecule has 1 unspecified atom stereocenters. The molecule has 0 aliphatic heterocycles. The van der Waals surface area contributed by atoms with Crippen molar-refractivity contribution in [3.8, 4) is 11.3 Å². The van der Waals surface area contributed by atoms with E-state index in [1.807, 2.05) is 30.3 Å². The van der Waals surface area contributed by atoms with Crippen LogP contribution < -0.4 is 5.32 Å². The van der Waals surface area contributed by atoms with Gasteiger partial charge in [0, 0.05) is 0 Å². The van der Waals surface area contributed by atoms with Crippen LogP contribution >= 0.6 is 11.8 Å². The summed E-state index contributed by atoms with van der Waals surface area (Å²) in [7, 11) is 0. The van der Waals surface area contributed by atoms with Gasteiger partial charge in [-0.25, -0.2) is 9.37 Å². The smallest absolute Gasteiger partial charge is 0.237 e. The number of hydrogen-bond donors (Lipinski definition) is 2. The second-order valence-electron chi connectivity index (χ2n) is 5.20. The van der Waals surface area contributed by atoms with E-state index in [-0.39, 0.29) is 11.6 Å². The summed E-state index contributed by atoms with van der Waals surface area (Å²) < 4.78 is 13.6. The Kier molecular flexibility index (Phi) is 4.96. The number of aromatic nitrogens is 2. The standard InChI is InChI=1S/C18H16FN3OS/c1-12(17(23)21-15-10-6-5-9-14(15)19)24-18-20-11-16(22-18)13-7-3-2-4-8-13/h2-12H,1H3,(H,20,22)(H,21,23). The molecule has 1 aromatic heterocycles. The van der Waals surface area contributed by atoms with Crippen molar-refractivity contribution in [1.82, 2.24) is 9.97 Å². The van der Waals surface area contributed by atoms with Crippen LogP contribution in [0.3, 0.4) is 0 Å². The van der Waals surface area contributed by atoms with Crippen LogP contribution in [-0.4, -0.2) is 21.1 Å². The van der Waals surface area contributed by atoms with Crippen molar-refractivity contribution in [3.05, 3.63) is 66.6 Å². The molecule has 3 aromatic rings. The molecule has 0 aliphatic carbocycles. The number of carbonyl (C=O) groups excluding carboxylic acids is 1. The number of para-hydroxylation sites is 1. The third-order valence-electron chi connectivity index (χ3n) is 3.43. The highest BCUT2D eigenvalue weighted by molar-refractivity contribution is 8.00. The molecule has 4 nitrogen and oxygen atoms in total. The number of amides is 1. The molecule has 0 bridgehead atoms. The molecule has 0 spiro atoms. The Morgan fingerprint density at radius 3 is 2.62 bits per heavy atom. The number of carbonyl (C=O) groups is 1. The number of thioether (sulfide) groups is 1. The molecular weight excluding hydrogens is 325 g/mol. The Labute approximate surface area is 143 Å². The van der Waals surface area contributed by atoms with Gasteiger partial charge in [-0.2, -0.15) is 0 Å². The van der Waals surface area contributed by atoms with Crippen molar-refractivity contribution in [3.63, 3.8) is 0 Å². The Balaban J connectivity index is 1.65. The average molecular weight is 341 g/mol. The molecular formula is C18H16FN3OS. The lowest BCUT2D eigenvalue weighted by molar-refractivity contribution is -0.115. The molecule has 0 radical (unpaired) electrons. The van der Waals surface area contributed by atoms with E-state index in [0.717, 1.165) is 11.3 Å². The van der Waals surface area contributed by atoms with Crippen LogP contribution in [0.2, 0.25) is 0 Å². The molecule has 6 heteroatoms. The van der Waals surface area contributed by atoms with E-state index < -0.39 is 11.1 Å². The summed E-state index contributed by atoms with van der Waals surface area (Å²) in [6, 6.07) is 15.9. The van der Waals surface area contributed by atoms with Gasteiger partial charge < -0.3 is 10.3 Å². The number of hydrogen-bond acceptors (Lipinski definition) is 3. The highest BCUT2D eigenvalue weighted by Gasteiger charge is 2.17. The number of nitrogens with one attached hydrogen (secondary N) is 2. The van der Waals surface area contributed by atoms with E-state index in [0.29, 0.717) is 5.16 Å². The zero-order valence-corrected chi connectivity index (χ0v) is 13.8. The quantitative estimate of drug-likeness (QED) is 0.679. The fraction of sp³-hybridized carbons (Fsp3) is 0.111. The van der Waals surface area contributed by atoms with Crippen molar-refractivity contribution < 1.29 is 9.18 Å². The number of imidazole rings is 1. The third kappa shape index (κ3) is 3.83. The molecule has 2 N–H and O–H groups in total. The summed E-state index contributed by atoms with van der Waals surface area (Å²) in [4.78, 5) is 19.7. The van der Waals surface area contributed by atoms with Crippen LogP contribution in [-0.2, 0) is 4.79 Å². The van der Waals surface area contributed by atoms with Crippen LogP contribution in [0.5, 0.6) is 0 Å². The van der Waals surface area contributed by atoms with Crippen molar-refractivity contribution in [1.29, 1.82) is 0 Å². The van der Waals surface area contributed by atoms with Crippen molar-refractivity contribution >= 4 is 23.4 Å². The van der Waals surface area contributed by atoms with Crippen LogP contribution in [0.15, 0.2) is 66.0 Å². The maximum Gasteiger partial charge on any atom is 0.237 e. The first-order valence-electron chi connectivity index (χ1n) is 7.46. The third-order valence-corrected chi connectivity index (χ3v) is 4.43. The van der Waals surface area contributed by atoms with Gasteiger partial charge in [0.05, 0.1) is 22.8 Å². The zero-order valence-electron chi connectivity index (χ0n) is 13.0. The minimum atomic E-state index is -0.451. The molecule has 24 heavy (non-hydrogen) atoms. The van der Waals surface area contributed by atoms with Gasteiger partial charge in [-0.05, 0) is 24.6 Å². The van der Waals surface area contributed by atoms with Crippen molar-refractivity contribution in [2.24, 2.45) is 0 Å². The van der Waals surface area contributed by atoms with E-state index in [9.17, 15) is 9.18 Å². The first kappa shape index (κ1) is 16.3. The van der Waals surface area contributed by atoms with Gasteiger partial charge in [0.15, 0.2) is 5.16 Å². The highest BCUT2D eigenvalue weighted by Crippen LogP contribution is 2.25. The van der Waals surface area contributed by atoms with Gasteiger partial charge in [0.2, 0.25) is 5.91 Å². The topological polar surface area (TPSA) is 57.8 Å². The first-order chi connectivity index (χ1) is 11.6. The molecule has 1 heterocycles. The lowest BCUT2D eigenvalue weighted by Crippen LogP contribution is -2.23. The van der Waals surface area contributed by atoms with Gasteiger partial charge in [-0.3, -0.25) is 4.79 Å². The summed E-state index contributed by atoms with van der Waals surface area (Å²) in [5, 5.41) is 2.82. The highest BCUT2D eigenvalue weighted by atomic mass is 32.2. The van der Waals surface area contributed by atoms with Gasteiger partial charge in [-0.1, -0.05) is 54.2 Å². The Bertz CT molecular complexity index is 835. The summed E-state index contributed by atoms with van der Waals surface area (Å²) >= 11 is 1.29. The zero-order chi connectivity index (χ0) is 16.9. The number of rotatable bonds is 5. The monoisotopic (exact) mass is 341 g/mol. The molecule has 0 saturated heterocycles. The number of anilines is 1. The molecule has 0 saturated carbocycles. The van der Waals surface area contributed by atoms with Gasteiger partial charge in [0.25, 0.3) is 0 Å². The molecule has 1 amide bonds. The largest absolute Gasteiger partial charge is 0.333 e.